The van der Waals surface area contributed by atoms with Crippen LogP contribution in [0.15, 0.2) is 10.5 Å². The van der Waals surface area contributed by atoms with Crippen molar-refractivity contribution in [3.8, 4) is 0 Å². The molecule has 1 aliphatic heterocycles. The highest BCUT2D eigenvalue weighted by Crippen LogP contribution is 2.18. The second-order valence-electron chi connectivity index (χ2n) is 3.93. The molecule has 1 aromatic rings. The Morgan fingerprint density at radius 1 is 1.56 bits per heavy atom. The predicted octanol–water partition coefficient (Wildman–Crippen LogP) is 1.06. The van der Waals surface area contributed by atoms with Crippen molar-refractivity contribution in [2.24, 2.45) is 0 Å². The molecule has 2 heterocycles. The van der Waals surface area contributed by atoms with Crippen LogP contribution in [0, 0.1) is 6.92 Å². The molecule has 1 amide bonds. The average Bonchev–Trinajstić information content (AvgIpc) is 2.71. The first-order chi connectivity index (χ1) is 7.72. The van der Waals surface area contributed by atoms with E-state index in [2.05, 4.69) is 17.9 Å². The lowest BCUT2D eigenvalue weighted by atomic mass is 10.2. The van der Waals surface area contributed by atoms with E-state index < -0.39 is 0 Å². The van der Waals surface area contributed by atoms with Gasteiger partial charge >= 0.3 is 0 Å². The molecule has 4 nitrogen and oxygen atoms in total. The van der Waals surface area contributed by atoms with Crippen LogP contribution in [-0.2, 0) is 5.75 Å². The highest BCUT2D eigenvalue weighted by Gasteiger charge is 2.22. The number of carbonyl (C=O) groups is 1. The summed E-state index contributed by atoms with van der Waals surface area (Å²) in [5.74, 6) is 1.73. The number of furan rings is 1. The van der Waals surface area contributed by atoms with Gasteiger partial charge in [0.25, 0.3) is 5.91 Å². The Kier molecular flexibility index (Phi) is 3.56. The Bertz CT molecular complexity index is 383. The third kappa shape index (κ3) is 2.25. The molecule has 1 fully saturated rings. The van der Waals surface area contributed by atoms with Gasteiger partial charge in [0, 0.05) is 37.5 Å². The van der Waals surface area contributed by atoms with Crippen molar-refractivity contribution >= 4 is 18.5 Å². The Labute approximate surface area is 100 Å². The second-order valence-corrected chi connectivity index (χ2v) is 4.24. The van der Waals surface area contributed by atoms with Crippen molar-refractivity contribution in [1.29, 1.82) is 0 Å². The van der Waals surface area contributed by atoms with Crippen LogP contribution >= 0.6 is 12.6 Å². The van der Waals surface area contributed by atoms with Crippen LogP contribution in [0.25, 0.3) is 0 Å². The van der Waals surface area contributed by atoms with Gasteiger partial charge in [0.15, 0.2) is 5.76 Å². The molecule has 1 aliphatic rings. The molecular weight excluding hydrogens is 224 g/mol. The number of amides is 1. The van der Waals surface area contributed by atoms with Crippen LogP contribution in [0.3, 0.4) is 0 Å². The number of hydrogen-bond donors (Lipinski definition) is 2. The molecule has 2 rings (SSSR count). The quantitative estimate of drug-likeness (QED) is 0.760. The Balaban J connectivity index is 2.15. The van der Waals surface area contributed by atoms with Crippen LogP contribution in [0.2, 0.25) is 0 Å². The summed E-state index contributed by atoms with van der Waals surface area (Å²) in [6.45, 7) is 5.09. The van der Waals surface area contributed by atoms with E-state index in [0.29, 0.717) is 11.5 Å². The lowest BCUT2D eigenvalue weighted by molar-refractivity contribution is 0.0701. The molecule has 1 aromatic heterocycles. The number of carbonyl (C=O) groups excluding carboxylic acids is 1. The summed E-state index contributed by atoms with van der Waals surface area (Å²) in [5.41, 5.74) is 0.896. The number of nitrogens with one attached hydrogen (secondary N) is 1. The summed E-state index contributed by atoms with van der Waals surface area (Å²) >= 11 is 4.14. The fourth-order valence-electron chi connectivity index (χ4n) is 1.85. The number of aryl methyl sites for hydroxylation is 1. The SMILES string of the molecule is Cc1cc(CS)oc1C(=O)N1CCNCC1. The molecule has 0 radical (unpaired) electrons. The summed E-state index contributed by atoms with van der Waals surface area (Å²) in [6.07, 6.45) is 0. The van der Waals surface area contributed by atoms with Crippen molar-refractivity contribution in [3.63, 3.8) is 0 Å². The van der Waals surface area contributed by atoms with Gasteiger partial charge in [-0.2, -0.15) is 12.6 Å². The fraction of sp³-hybridized carbons (Fsp3) is 0.545. The maximum absolute atomic E-state index is 12.1. The second kappa shape index (κ2) is 4.93. The largest absolute Gasteiger partial charge is 0.455 e. The summed E-state index contributed by atoms with van der Waals surface area (Å²) in [5, 5.41) is 3.22. The zero-order valence-electron chi connectivity index (χ0n) is 9.32. The smallest absolute Gasteiger partial charge is 0.289 e. The van der Waals surface area contributed by atoms with Gasteiger partial charge < -0.3 is 14.6 Å². The molecule has 1 saturated heterocycles. The van der Waals surface area contributed by atoms with Crippen molar-refractivity contribution in [1.82, 2.24) is 10.2 Å². The van der Waals surface area contributed by atoms with E-state index in [9.17, 15) is 4.79 Å². The minimum absolute atomic E-state index is 0.00738. The summed E-state index contributed by atoms with van der Waals surface area (Å²) < 4.78 is 5.49. The van der Waals surface area contributed by atoms with Gasteiger partial charge in [0.1, 0.15) is 5.76 Å². The number of piperazine rings is 1. The number of nitrogens with zero attached hydrogens (tertiary/aromatic N) is 1. The van der Waals surface area contributed by atoms with E-state index in [1.54, 1.807) is 0 Å². The zero-order valence-corrected chi connectivity index (χ0v) is 10.2. The highest BCUT2D eigenvalue weighted by molar-refractivity contribution is 7.79. The highest BCUT2D eigenvalue weighted by atomic mass is 32.1. The van der Waals surface area contributed by atoms with Crippen molar-refractivity contribution in [3.05, 3.63) is 23.2 Å². The minimum atomic E-state index is -0.00738. The third-order valence-corrected chi connectivity index (χ3v) is 3.03. The normalized spacial score (nSPS) is 16.5. The first-order valence-corrected chi connectivity index (χ1v) is 6.06. The van der Waals surface area contributed by atoms with Crippen LogP contribution in [0.5, 0.6) is 0 Å². The lowest BCUT2D eigenvalue weighted by Gasteiger charge is -2.26. The van der Waals surface area contributed by atoms with Crippen molar-refractivity contribution in [2.45, 2.75) is 12.7 Å². The van der Waals surface area contributed by atoms with E-state index in [0.717, 1.165) is 37.5 Å². The fourth-order valence-corrected chi connectivity index (χ4v) is 2.01. The van der Waals surface area contributed by atoms with Gasteiger partial charge in [0.05, 0.1) is 0 Å². The van der Waals surface area contributed by atoms with Gasteiger partial charge in [-0.1, -0.05) is 0 Å². The molecule has 88 valence electrons. The van der Waals surface area contributed by atoms with Gasteiger partial charge in [-0.3, -0.25) is 4.79 Å². The first-order valence-electron chi connectivity index (χ1n) is 5.42. The molecule has 0 spiro atoms. The Morgan fingerprint density at radius 3 is 2.81 bits per heavy atom. The molecule has 1 N–H and O–H groups in total. The standard InChI is InChI=1S/C11H16N2O2S/c1-8-6-9(7-16)15-10(8)11(14)13-4-2-12-3-5-13/h6,12,16H,2-5,7H2,1H3. The average molecular weight is 240 g/mol. The molecular formula is C11H16N2O2S. The van der Waals surface area contributed by atoms with Gasteiger partial charge in [-0.05, 0) is 13.0 Å². The van der Waals surface area contributed by atoms with E-state index in [1.165, 1.54) is 0 Å². The molecule has 0 bridgehead atoms. The van der Waals surface area contributed by atoms with E-state index in [4.69, 9.17) is 4.42 Å². The monoisotopic (exact) mass is 240 g/mol. The van der Waals surface area contributed by atoms with Crippen LogP contribution in [-0.4, -0.2) is 37.0 Å². The molecule has 0 aliphatic carbocycles. The van der Waals surface area contributed by atoms with Crippen LogP contribution in [0.4, 0.5) is 0 Å². The van der Waals surface area contributed by atoms with E-state index in [-0.39, 0.29) is 5.91 Å². The number of hydrogen-bond acceptors (Lipinski definition) is 4. The zero-order chi connectivity index (χ0) is 11.5. The summed E-state index contributed by atoms with van der Waals surface area (Å²) in [4.78, 5) is 14.0. The first kappa shape index (κ1) is 11.5. The molecule has 0 aromatic carbocycles. The molecule has 5 heteroatoms. The molecule has 0 unspecified atom stereocenters. The minimum Gasteiger partial charge on any atom is -0.455 e. The van der Waals surface area contributed by atoms with E-state index in [1.807, 2.05) is 17.9 Å². The molecule has 0 saturated carbocycles. The number of rotatable bonds is 2. The van der Waals surface area contributed by atoms with Crippen LogP contribution in [0.1, 0.15) is 21.9 Å². The maximum atomic E-state index is 12.1. The van der Waals surface area contributed by atoms with Gasteiger partial charge in [0.2, 0.25) is 0 Å². The van der Waals surface area contributed by atoms with Gasteiger partial charge in [-0.15, -0.1) is 0 Å². The van der Waals surface area contributed by atoms with Gasteiger partial charge in [-0.25, -0.2) is 0 Å². The van der Waals surface area contributed by atoms with Crippen molar-refractivity contribution < 1.29 is 9.21 Å². The summed E-state index contributed by atoms with van der Waals surface area (Å²) in [7, 11) is 0. The third-order valence-electron chi connectivity index (χ3n) is 2.72. The Morgan fingerprint density at radius 2 is 2.25 bits per heavy atom. The number of thiol groups is 1. The predicted molar refractivity (Wildman–Crippen MR) is 64.9 cm³/mol. The Hall–Kier alpha value is -0.940. The van der Waals surface area contributed by atoms with Crippen LogP contribution < -0.4 is 5.32 Å². The maximum Gasteiger partial charge on any atom is 0.289 e. The lowest BCUT2D eigenvalue weighted by Crippen LogP contribution is -2.46. The topological polar surface area (TPSA) is 45.5 Å². The molecule has 16 heavy (non-hydrogen) atoms. The summed E-state index contributed by atoms with van der Waals surface area (Å²) in [6, 6.07) is 1.88. The van der Waals surface area contributed by atoms with E-state index >= 15 is 0 Å². The van der Waals surface area contributed by atoms with Crippen molar-refractivity contribution in [2.75, 3.05) is 26.2 Å². The molecule has 0 atom stereocenters.